The molecule has 2 rings (SSSR count). The number of hydrogen-bond donors (Lipinski definition) is 1. The summed E-state index contributed by atoms with van der Waals surface area (Å²) >= 11 is 0. The summed E-state index contributed by atoms with van der Waals surface area (Å²) in [7, 11) is 0. The minimum absolute atomic E-state index is 0.587. The second-order valence-electron chi connectivity index (χ2n) is 3.83. The monoisotopic (exact) mass is 187 g/mol. The number of hydrogen-bond acceptors (Lipinski definition) is 1. The van der Waals surface area contributed by atoms with Crippen LogP contribution in [0.25, 0.3) is 6.08 Å². The van der Waals surface area contributed by atoms with Gasteiger partial charge in [0.15, 0.2) is 0 Å². The lowest BCUT2D eigenvalue weighted by molar-refractivity contribution is 0.455. The van der Waals surface area contributed by atoms with Gasteiger partial charge in [-0.2, -0.15) is 0 Å². The summed E-state index contributed by atoms with van der Waals surface area (Å²) in [6.07, 6.45) is 8.47. The Bertz CT molecular complexity index is 283. The first kappa shape index (κ1) is 9.47. The quantitative estimate of drug-likeness (QED) is 0.750. The molecule has 1 N–H and O–H groups in total. The predicted molar refractivity (Wildman–Crippen MR) is 61.1 cm³/mol. The van der Waals surface area contributed by atoms with Crippen LogP contribution in [0.1, 0.15) is 24.8 Å². The molecular formula is C13H17N. The molecule has 1 aliphatic rings. The molecule has 0 unspecified atom stereocenters. The van der Waals surface area contributed by atoms with Crippen LogP contribution in [-0.4, -0.2) is 12.6 Å². The van der Waals surface area contributed by atoms with E-state index in [0.29, 0.717) is 6.04 Å². The standard InChI is InChI=1S/C13H17N/c1-2-6-12(7-3-1)9-10-13-8-4-5-11-14-13/h1-3,6-7,9-10,13-14H,4-5,8,11H2/b10-9+/t13-/m1/s1. The second-order valence-corrected chi connectivity index (χ2v) is 3.83. The summed E-state index contributed by atoms with van der Waals surface area (Å²) in [5.41, 5.74) is 1.29. The molecule has 0 aromatic heterocycles. The van der Waals surface area contributed by atoms with Crippen LogP contribution in [-0.2, 0) is 0 Å². The molecule has 0 radical (unpaired) electrons. The molecule has 0 bridgehead atoms. The first-order valence-electron chi connectivity index (χ1n) is 5.42. The van der Waals surface area contributed by atoms with Gasteiger partial charge >= 0.3 is 0 Å². The van der Waals surface area contributed by atoms with E-state index in [1.165, 1.54) is 31.4 Å². The van der Waals surface area contributed by atoms with Gasteiger partial charge in [0, 0.05) is 6.04 Å². The number of piperidine rings is 1. The first-order valence-corrected chi connectivity index (χ1v) is 5.42. The molecule has 1 aliphatic heterocycles. The highest BCUT2D eigenvalue weighted by Crippen LogP contribution is 2.10. The summed E-state index contributed by atoms with van der Waals surface area (Å²) < 4.78 is 0. The topological polar surface area (TPSA) is 12.0 Å². The molecule has 0 spiro atoms. The third kappa shape index (κ3) is 2.71. The van der Waals surface area contributed by atoms with Crippen molar-refractivity contribution < 1.29 is 0 Å². The molecule has 0 saturated carbocycles. The second kappa shape index (κ2) is 4.97. The molecule has 1 heterocycles. The molecule has 1 nitrogen and oxygen atoms in total. The zero-order chi connectivity index (χ0) is 9.64. The normalized spacial score (nSPS) is 22.7. The first-order chi connectivity index (χ1) is 6.95. The fourth-order valence-corrected chi connectivity index (χ4v) is 1.83. The zero-order valence-corrected chi connectivity index (χ0v) is 8.45. The molecule has 1 aromatic carbocycles. The van der Waals surface area contributed by atoms with Crippen LogP contribution in [0, 0.1) is 0 Å². The van der Waals surface area contributed by atoms with Crippen LogP contribution < -0.4 is 5.32 Å². The van der Waals surface area contributed by atoms with E-state index >= 15 is 0 Å². The summed E-state index contributed by atoms with van der Waals surface area (Å²) in [5.74, 6) is 0. The smallest absolute Gasteiger partial charge is 0.0253 e. The average molecular weight is 187 g/mol. The highest BCUT2D eigenvalue weighted by atomic mass is 14.9. The summed E-state index contributed by atoms with van der Waals surface area (Å²) in [6.45, 7) is 1.17. The lowest BCUT2D eigenvalue weighted by Crippen LogP contribution is -2.31. The van der Waals surface area contributed by atoms with Crippen molar-refractivity contribution in [2.75, 3.05) is 6.54 Å². The Labute approximate surface area is 85.8 Å². The summed E-state index contributed by atoms with van der Waals surface area (Å²) in [4.78, 5) is 0. The average Bonchev–Trinajstić information content (AvgIpc) is 2.29. The van der Waals surface area contributed by atoms with Crippen molar-refractivity contribution in [3.05, 3.63) is 42.0 Å². The largest absolute Gasteiger partial charge is 0.311 e. The molecule has 1 atom stereocenters. The molecule has 74 valence electrons. The van der Waals surface area contributed by atoms with Gasteiger partial charge in [0.05, 0.1) is 0 Å². The Morgan fingerprint density at radius 2 is 2.00 bits per heavy atom. The number of benzene rings is 1. The maximum atomic E-state index is 3.50. The Hall–Kier alpha value is -1.08. The van der Waals surface area contributed by atoms with E-state index in [1.807, 2.05) is 0 Å². The van der Waals surface area contributed by atoms with Gasteiger partial charge in [-0.1, -0.05) is 48.9 Å². The van der Waals surface area contributed by atoms with Crippen molar-refractivity contribution in [3.8, 4) is 0 Å². The molecule has 1 fully saturated rings. The van der Waals surface area contributed by atoms with Gasteiger partial charge in [-0.15, -0.1) is 0 Å². The van der Waals surface area contributed by atoms with Crippen molar-refractivity contribution in [2.45, 2.75) is 25.3 Å². The van der Waals surface area contributed by atoms with E-state index in [2.05, 4.69) is 47.8 Å². The Kier molecular flexibility index (Phi) is 3.36. The van der Waals surface area contributed by atoms with Crippen LogP contribution in [0.3, 0.4) is 0 Å². The lowest BCUT2D eigenvalue weighted by Gasteiger charge is -2.19. The molecule has 1 heteroatoms. The van der Waals surface area contributed by atoms with E-state index in [9.17, 15) is 0 Å². The van der Waals surface area contributed by atoms with Crippen LogP contribution in [0.15, 0.2) is 36.4 Å². The minimum Gasteiger partial charge on any atom is -0.311 e. The molecule has 0 aliphatic carbocycles. The van der Waals surface area contributed by atoms with Gasteiger partial charge in [-0.3, -0.25) is 0 Å². The van der Waals surface area contributed by atoms with Gasteiger partial charge in [0.2, 0.25) is 0 Å². The van der Waals surface area contributed by atoms with E-state index in [0.717, 1.165) is 0 Å². The maximum absolute atomic E-state index is 3.50. The van der Waals surface area contributed by atoms with E-state index in [4.69, 9.17) is 0 Å². The van der Waals surface area contributed by atoms with Crippen LogP contribution in [0.4, 0.5) is 0 Å². The van der Waals surface area contributed by atoms with Crippen molar-refractivity contribution in [2.24, 2.45) is 0 Å². The molecule has 0 amide bonds. The van der Waals surface area contributed by atoms with Crippen LogP contribution in [0.2, 0.25) is 0 Å². The van der Waals surface area contributed by atoms with Gasteiger partial charge in [0.1, 0.15) is 0 Å². The maximum Gasteiger partial charge on any atom is 0.0253 e. The fourth-order valence-electron chi connectivity index (χ4n) is 1.83. The Morgan fingerprint density at radius 1 is 1.14 bits per heavy atom. The predicted octanol–water partition coefficient (Wildman–Crippen LogP) is 2.84. The minimum atomic E-state index is 0.587. The van der Waals surface area contributed by atoms with Gasteiger partial charge in [0.25, 0.3) is 0 Å². The van der Waals surface area contributed by atoms with E-state index in [1.54, 1.807) is 0 Å². The van der Waals surface area contributed by atoms with Crippen LogP contribution >= 0.6 is 0 Å². The molecule has 14 heavy (non-hydrogen) atoms. The highest BCUT2D eigenvalue weighted by molar-refractivity contribution is 5.49. The number of nitrogens with one attached hydrogen (secondary N) is 1. The third-order valence-corrected chi connectivity index (χ3v) is 2.67. The molecule has 1 aromatic rings. The third-order valence-electron chi connectivity index (χ3n) is 2.67. The van der Waals surface area contributed by atoms with Gasteiger partial charge in [-0.05, 0) is 24.9 Å². The van der Waals surface area contributed by atoms with Crippen molar-refractivity contribution in [1.29, 1.82) is 0 Å². The number of rotatable bonds is 2. The molecular weight excluding hydrogens is 170 g/mol. The van der Waals surface area contributed by atoms with E-state index < -0.39 is 0 Å². The van der Waals surface area contributed by atoms with Gasteiger partial charge < -0.3 is 5.32 Å². The van der Waals surface area contributed by atoms with Gasteiger partial charge in [-0.25, -0.2) is 0 Å². The highest BCUT2D eigenvalue weighted by Gasteiger charge is 2.07. The Morgan fingerprint density at radius 3 is 2.71 bits per heavy atom. The van der Waals surface area contributed by atoms with Crippen molar-refractivity contribution in [3.63, 3.8) is 0 Å². The zero-order valence-electron chi connectivity index (χ0n) is 8.45. The Balaban J connectivity index is 1.93. The lowest BCUT2D eigenvalue weighted by atomic mass is 10.0. The summed E-state index contributed by atoms with van der Waals surface area (Å²) in [6, 6.07) is 11.1. The van der Waals surface area contributed by atoms with E-state index in [-0.39, 0.29) is 0 Å². The summed E-state index contributed by atoms with van der Waals surface area (Å²) in [5, 5.41) is 3.50. The molecule has 1 saturated heterocycles. The van der Waals surface area contributed by atoms with Crippen molar-refractivity contribution >= 4 is 6.08 Å². The van der Waals surface area contributed by atoms with Crippen molar-refractivity contribution in [1.82, 2.24) is 5.32 Å². The van der Waals surface area contributed by atoms with Crippen LogP contribution in [0.5, 0.6) is 0 Å². The fraction of sp³-hybridized carbons (Fsp3) is 0.385. The SMILES string of the molecule is C(=C\[C@H]1CCCCN1)/c1ccccc1.